The third-order valence-electron chi connectivity index (χ3n) is 4.66. The van der Waals surface area contributed by atoms with Gasteiger partial charge in [-0.1, -0.05) is 36.4 Å². The molecule has 1 heterocycles. The molecular formula is C19H24N2O. The lowest BCUT2D eigenvalue weighted by Gasteiger charge is -2.21. The highest BCUT2D eigenvalue weighted by Gasteiger charge is 2.30. The predicted octanol–water partition coefficient (Wildman–Crippen LogP) is 3.31. The van der Waals surface area contributed by atoms with Crippen LogP contribution >= 0.6 is 0 Å². The van der Waals surface area contributed by atoms with Gasteiger partial charge in [0.2, 0.25) is 0 Å². The monoisotopic (exact) mass is 296 g/mol. The summed E-state index contributed by atoms with van der Waals surface area (Å²) in [5.41, 5.74) is 9.55. The molecule has 116 valence electrons. The van der Waals surface area contributed by atoms with Gasteiger partial charge >= 0.3 is 0 Å². The highest BCUT2D eigenvalue weighted by Crippen LogP contribution is 2.38. The summed E-state index contributed by atoms with van der Waals surface area (Å²) in [5.74, 6) is 1.52. The summed E-state index contributed by atoms with van der Waals surface area (Å²) in [5, 5.41) is 0. The second-order valence-corrected chi connectivity index (χ2v) is 6.12. The predicted molar refractivity (Wildman–Crippen MR) is 91.0 cm³/mol. The molecule has 0 amide bonds. The molecular weight excluding hydrogens is 272 g/mol. The van der Waals surface area contributed by atoms with E-state index in [0.717, 1.165) is 30.8 Å². The second kappa shape index (κ2) is 6.51. The maximum atomic E-state index is 5.86. The Morgan fingerprint density at radius 3 is 2.59 bits per heavy atom. The first-order valence-corrected chi connectivity index (χ1v) is 7.86. The van der Waals surface area contributed by atoms with E-state index in [4.69, 9.17) is 10.5 Å². The Morgan fingerprint density at radius 2 is 1.95 bits per heavy atom. The van der Waals surface area contributed by atoms with Crippen LogP contribution in [0.2, 0.25) is 0 Å². The summed E-state index contributed by atoms with van der Waals surface area (Å²) in [6.45, 7) is 1.84. The van der Waals surface area contributed by atoms with Crippen molar-refractivity contribution < 1.29 is 4.74 Å². The fraction of sp³-hybridized carbons (Fsp3) is 0.368. The molecule has 1 fully saturated rings. The smallest absolute Gasteiger partial charge is 0.126 e. The normalized spacial score (nSPS) is 22.0. The van der Waals surface area contributed by atoms with Crippen LogP contribution in [0.4, 0.5) is 0 Å². The highest BCUT2D eigenvalue weighted by molar-refractivity contribution is 5.71. The average Bonchev–Trinajstić information content (AvgIpc) is 2.96. The van der Waals surface area contributed by atoms with Crippen molar-refractivity contribution in [2.75, 3.05) is 27.2 Å². The summed E-state index contributed by atoms with van der Waals surface area (Å²) >= 11 is 0. The Hall–Kier alpha value is -1.84. The average molecular weight is 296 g/mol. The van der Waals surface area contributed by atoms with E-state index in [1.54, 1.807) is 7.11 Å². The zero-order chi connectivity index (χ0) is 15.5. The number of ether oxygens (including phenoxy) is 1. The van der Waals surface area contributed by atoms with Gasteiger partial charge in [0, 0.05) is 18.2 Å². The Balaban J connectivity index is 1.98. The first-order valence-electron chi connectivity index (χ1n) is 7.86. The van der Waals surface area contributed by atoms with E-state index in [2.05, 4.69) is 54.4 Å². The van der Waals surface area contributed by atoms with Crippen molar-refractivity contribution in [1.29, 1.82) is 0 Å². The molecule has 0 saturated carbocycles. The van der Waals surface area contributed by atoms with Gasteiger partial charge < -0.3 is 10.5 Å². The largest absolute Gasteiger partial charge is 0.496 e. The van der Waals surface area contributed by atoms with Crippen molar-refractivity contribution in [2.24, 2.45) is 11.7 Å². The molecule has 1 aliphatic rings. The number of nitrogens with two attached hydrogens (primary N) is 1. The van der Waals surface area contributed by atoms with Crippen molar-refractivity contribution in [3.8, 4) is 16.9 Å². The number of rotatable bonds is 4. The van der Waals surface area contributed by atoms with Gasteiger partial charge in [-0.25, -0.2) is 0 Å². The Bertz CT molecular complexity index is 627. The SMILES string of the molecule is COc1ccc(C2CC(CN)CN2C)cc1-c1ccccc1. The van der Waals surface area contributed by atoms with E-state index in [1.165, 1.54) is 11.1 Å². The number of hydrogen-bond acceptors (Lipinski definition) is 3. The molecule has 0 aromatic heterocycles. The second-order valence-electron chi connectivity index (χ2n) is 6.12. The molecule has 22 heavy (non-hydrogen) atoms. The fourth-order valence-corrected chi connectivity index (χ4v) is 3.44. The number of nitrogens with zero attached hydrogens (tertiary/aromatic N) is 1. The van der Waals surface area contributed by atoms with E-state index in [1.807, 2.05) is 6.07 Å². The molecule has 3 rings (SSSR count). The standard InChI is InChI=1S/C19H24N2O/c1-21-13-14(12-20)10-18(21)16-8-9-19(22-2)17(11-16)15-6-4-3-5-7-15/h3-9,11,14,18H,10,12-13,20H2,1-2H3. The van der Waals surface area contributed by atoms with Crippen molar-refractivity contribution >= 4 is 0 Å². The molecule has 2 aromatic rings. The quantitative estimate of drug-likeness (QED) is 0.940. The van der Waals surface area contributed by atoms with Crippen LogP contribution in [0.15, 0.2) is 48.5 Å². The Morgan fingerprint density at radius 1 is 1.18 bits per heavy atom. The molecule has 3 nitrogen and oxygen atoms in total. The lowest BCUT2D eigenvalue weighted by Crippen LogP contribution is -2.20. The van der Waals surface area contributed by atoms with Gasteiger partial charge in [-0.05, 0) is 49.2 Å². The van der Waals surface area contributed by atoms with E-state index in [-0.39, 0.29) is 0 Å². The van der Waals surface area contributed by atoms with Crippen molar-refractivity contribution in [1.82, 2.24) is 4.90 Å². The van der Waals surface area contributed by atoms with Crippen LogP contribution in [0.5, 0.6) is 5.75 Å². The van der Waals surface area contributed by atoms with E-state index < -0.39 is 0 Å². The maximum Gasteiger partial charge on any atom is 0.126 e. The lowest BCUT2D eigenvalue weighted by molar-refractivity contribution is 0.313. The van der Waals surface area contributed by atoms with Crippen molar-refractivity contribution in [2.45, 2.75) is 12.5 Å². The van der Waals surface area contributed by atoms with Crippen LogP contribution in [0, 0.1) is 5.92 Å². The third kappa shape index (κ3) is 2.87. The van der Waals surface area contributed by atoms with Crippen LogP contribution in [0.25, 0.3) is 11.1 Å². The Labute approximate surface area is 132 Å². The van der Waals surface area contributed by atoms with Gasteiger partial charge in [-0.2, -0.15) is 0 Å². The number of benzene rings is 2. The van der Waals surface area contributed by atoms with Gasteiger partial charge in [0.15, 0.2) is 0 Å². The van der Waals surface area contributed by atoms with E-state index in [0.29, 0.717) is 12.0 Å². The van der Waals surface area contributed by atoms with Gasteiger partial charge in [-0.3, -0.25) is 4.90 Å². The molecule has 2 aromatic carbocycles. The van der Waals surface area contributed by atoms with E-state index >= 15 is 0 Å². The minimum Gasteiger partial charge on any atom is -0.496 e. The van der Waals surface area contributed by atoms with E-state index in [9.17, 15) is 0 Å². The first-order chi connectivity index (χ1) is 10.7. The molecule has 0 spiro atoms. The summed E-state index contributed by atoms with van der Waals surface area (Å²) in [4.78, 5) is 2.41. The molecule has 2 unspecified atom stereocenters. The molecule has 0 radical (unpaired) electrons. The zero-order valence-corrected chi connectivity index (χ0v) is 13.3. The summed E-state index contributed by atoms with van der Waals surface area (Å²) in [7, 11) is 3.92. The van der Waals surface area contributed by atoms with Crippen LogP contribution in [0.1, 0.15) is 18.0 Å². The molecule has 1 saturated heterocycles. The third-order valence-corrected chi connectivity index (χ3v) is 4.66. The summed E-state index contributed by atoms with van der Waals surface area (Å²) in [6.07, 6.45) is 1.13. The number of hydrogen-bond donors (Lipinski definition) is 1. The molecule has 0 aliphatic carbocycles. The molecule has 0 bridgehead atoms. The minimum atomic E-state index is 0.446. The van der Waals surface area contributed by atoms with Gasteiger partial charge in [0.25, 0.3) is 0 Å². The summed E-state index contributed by atoms with van der Waals surface area (Å²) in [6, 6.07) is 17.4. The maximum absolute atomic E-state index is 5.86. The van der Waals surface area contributed by atoms with Gasteiger partial charge in [0.1, 0.15) is 5.75 Å². The van der Waals surface area contributed by atoms with Crippen LogP contribution in [-0.2, 0) is 0 Å². The van der Waals surface area contributed by atoms with Gasteiger partial charge in [0.05, 0.1) is 7.11 Å². The topological polar surface area (TPSA) is 38.5 Å². The molecule has 3 heteroatoms. The first kappa shape index (κ1) is 15.1. The van der Waals surface area contributed by atoms with Crippen LogP contribution in [-0.4, -0.2) is 32.1 Å². The number of likely N-dealkylation sites (tertiary alicyclic amines) is 1. The fourth-order valence-electron chi connectivity index (χ4n) is 3.44. The molecule has 2 atom stereocenters. The molecule has 2 N–H and O–H groups in total. The molecule has 1 aliphatic heterocycles. The summed E-state index contributed by atoms with van der Waals surface area (Å²) < 4.78 is 5.55. The van der Waals surface area contributed by atoms with Crippen LogP contribution in [0.3, 0.4) is 0 Å². The lowest BCUT2D eigenvalue weighted by atomic mass is 9.95. The van der Waals surface area contributed by atoms with Crippen molar-refractivity contribution in [3.05, 3.63) is 54.1 Å². The van der Waals surface area contributed by atoms with Crippen LogP contribution < -0.4 is 10.5 Å². The zero-order valence-electron chi connectivity index (χ0n) is 13.3. The highest BCUT2D eigenvalue weighted by atomic mass is 16.5. The minimum absolute atomic E-state index is 0.446. The Kier molecular flexibility index (Phi) is 4.46. The number of methoxy groups -OCH3 is 1. The van der Waals surface area contributed by atoms with Gasteiger partial charge in [-0.15, -0.1) is 0 Å². The van der Waals surface area contributed by atoms with Crippen molar-refractivity contribution in [3.63, 3.8) is 0 Å².